The fourth-order valence-corrected chi connectivity index (χ4v) is 4.73. The smallest absolute Gasteiger partial charge is 0.0648 e. The summed E-state index contributed by atoms with van der Waals surface area (Å²) in [7, 11) is 0. The molecule has 0 radical (unpaired) electrons. The molecule has 5 rings (SSSR count). The summed E-state index contributed by atoms with van der Waals surface area (Å²) < 4.78 is 8.15. The van der Waals surface area contributed by atoms with E-state index in [4.69, 9.17) is 4.74 Å². The second-order valence-electron chi connectivity index (χ2n) is 8.07. The van der Waals surface area contributed by atoms with Crippen LogP contribution < -0.4 is 0 Å². The second-order valence-corrected chi connectivity index (χ2v) is 8.07. The van der Waals surface area contributed by atoms with Crippen LogP contribution in [0.5, 0.6) is 0 Å². The third-order valence-electron chi connectivity index (χ3n) is 6.31. The van der Waals surface area contributed by atoms with Gasteiger partial charge in [0.25, 0.3) is 0 Å². The Morgan fingerprint density at radius 2 is 1.69 bits per heavy atom. The predicted molar refractivity (Wildman–Crippen MR) is 117 cm³/mol. The molecule has 0 aliphatic carbocycles. The van der Waals surface area contributed by atoms with Crippen LogP contribution in [-0.4, -0.2) is 22.8 Å². The molecule has 0 bridgehead atoms. The van der Waals surface area contributed by atoms with Gasteiger partial charge in [0.15, 0.2) is 0 Å². The first kappa shape index (κ1) is 18.1. The molecule has 0 saturated carbocycles. The maximum Gasteiger partial charge on any atom is 0.0648 e. The molecule has 0 spiro atoms. The minimum absolute atomic E-state index is 0.0130. The molecule has 4 aromatic rings. The zero-order chi connectivity index (χ0) is 19.7. The number of benzene rings is 2. The van der Waals surface area contributed by atoms with Crippen LogP contribution in [0.15, 0.2) is 79.1 Å². The van der Waals surface area contributed by atoms with Crippen molar-refractivity contribution < 1.29 is 4.74 Å². The molecule has 29 heavy (non-hydrogen) atoms. The van der Waals surface area contributed by atoms with Crippen molar-refractivity contribution in [3.8, 4) is 0 Å². The number of fused-ring (bicyclic) bond motifs is 1. The lowest BCUT2D eigenvalue weighted by Gasteiger charge is -2.38. The van der Waals surface area contributed by atoms with Crippen LogP contribution in [0.4, 0.5) is 0 Å². The molecule has 1 aliphatic heterocycles. The first-order chi connectivity index (χ1) is 14.3. The number of hydrogen-bond donors (Lipinski definition) is 0. The van der Waals surface area contributed by atoms with Crippen LogP contribution in [0.25, 0.3) is 10.9 Å². The summed E-state index contributed by atoms with van der Waals surface area (Å²) in [6, 6.07) is 24.0. The van der Waals surface area contributed by atoms with Crippen molar-refractivity contribution in [1.29, 1.82) is 0 Å². The Hall–Kier alpha value is -2.91. The van der Waals surface area contributed by atoms with E-state index in [1.165, 1.54) is 27.6 Å². The first-order valence-corrected chi connectivity index (χ1v) is 10.4. The summed E-state index contributed by atoms with van der Waals surface area (Å²) in [6.45, 7) is 4.53. The van der Waals surface area contributed by atoms with E-state index >= 15 is 0 Å². The fourth-order valence-electron chi connectivity index (χ4n) is 4.73. The lowest BCUT2D eigenvalue weighted by Crippen LogP contribution is -2.35. The topological polar surface area (TPSA) is 27.1 Å². The van der Waals surface area contributed by atoms with Crippen molar-refractivity contribution >= 4 is 10.9 Å². The van der Waals surface area contributed by atoms with Crippen LogP contribution >= 0.6 is 0 Å². The number of aryl methyl sites for hydroxylation is 1. The molecule has 3 heterocycles. The summed E-state index contributed by atoms with van der Waals surface area (Å²) >= 11 is 0. The van der Waals surface area contributed by atoms with Gasteiger partial charge in [-0.3, -0.25) is 4.98 Å². The second kappa shape index (κ2) is 7.49. The minimum atomic E-state index is -0.0130. The molecule has 0 N–H and O–H groups in total. The minimum Gasteiger partial charge on any atom is -0.381 e. The van der Waals surface area contributed by atoms with Crippen LogP contribution in [0.2, 0.25) is 0 Å². The first-order valence-electron chi connectivity index (χ1n) is 10.4. The van der Waals surface area contributed by atoms with Gasteiger partial charge in [-0.05, 0) is 49.1 Å². The number of hydrogen-bond acceptors (Lipinski definition) is 2. The number of ether oxygens (including phenoxy) is 1. The molecule has 0 atom stereocenters. The average molecular weight is 383 g/mol. The van der Waals surface area contributed by atoms with Crippen LogP contribution in [-0.2, 0) is 16.7 Å². The third kappa shape index (κ3) is 3.26. The Labute approximate surface area is 172 Å². The number of nitrogens with zero attached hydrogens (tertiary/aromatic N) is 2. The molecular formula is C26H26N2O. The summed E-state index contributed by atoms with van der Waals surface area (Å²) in [5, 5.41) is 1.34. The zero-order valence-electron chi connectivity index (χ0n) is 16.8. The van der Waals surface area contributed by atoms with Crippen molar-refractivity contribution in [2.45, 2.75) is 31.7 Å². The monoisotopic (exact) mass is 382 g/mol. The van der Waals surface area contributed by atoms with Gasteiger partial charge in [-0.25, -0.2) is 0 Å². The Bertz CT molecular complexity index is 1110. The number of rotatable bonds is 4. The van der Waals surface area contributed by atoms with E-state index < -0.39 is 0 Å². The molecule has 3 heteroatoms. The molecule has 1 aliphatic rings. The zero-order valence-corrected chi connectivity index (χ0v) is 16.8. The van der Waals surface area contributed by atoms with Crippen molar-refractivity contribution in [2.24, 2.45) is 0 Å². The number of pyridine rings is 1. The molecule has 146 valence electrons. The highest BCUT2D eigenvalue weighted by Gasteiger charge is 2.38. The molecule has 0 unspecified atom stereocenters. The van der Waals surface area contributed by atoms with E-state index in [-0.39, 0.29) is 5.41 Å². The Morgan fingerprint density at radius 3 is 2.45 bits per heavy atom. The van der Waals surface area contributed by atoms with Crippen LogP contribution in [0, 0.1) is 6.92 Å². The quantitative estimate of drug-likeness (QED) is 0.467. The normalized spacial score (nSPS) is 16.2. The fraction of sp³-hybridized carbons (Fsp3) is 0.269. The van der Waals surface area contributed by atoms with Crippen molar-refractivity contribution in [3.63, 3.8) is 0 Å². The Balaban J connectivity index is 1.68. The van der Waals surface area contributed by atoms with E-state index in [0.717, 1.165) is 38.3 Å². The highest BCUT2D eigenvalue weighted by molar-refractivity contribution is 5.86. The molecular weight excluding hydrogens is 356 g/mol. The van der Waals surface area contributed by atoms with Gasteiger partial charge in [-0.15, -0.1) is 0 Å². The van der Waals surface area contributed by atoms with Crippen LogP contribution in [0.3, 0.4) is 0 Å². The van der Waals surface area contributed by atoms with Gasteiger partial charge in [0.2, 0.25) is 0 Å². The number of para-hydroxylation sites is 1. The van der Waals surface area contributed by atoms with Crippen LogP contribution in [0.1, 0.15) is 35.2 Å². The van der Waals surface area contributed by atoms with Crippen molar-refractivity contribution in [3.05, 3.63) is 102 Å². The lowest BCUT2D eigenvalue weighted by atomic mass is 9.69. The Morgan fingerprint density at radius 1 is 0.931 bits per heavy atom. The van der Waals surface area contributed by atoms with Gasteiger partial charge in [0.1, 0.15) is 0 Å². The van der Waals surface area contributed by atoms with Crippen molar-refractivity contribution in [2.75, 3.05) is 13.2 Å². The van der Waals surface area contributed by atoms with E-state index in [1.807, 2.05) is 12.3 Å². The van der Waals surface area contributed by atoms with Crippen molar-refractivity contribution in [1.82, 2.24) is 9.55 Å². The average Bonchev–Trinajstić information content (AvgIpc) is 3.14. The molecule has 1 fully saturated rings. The maximum absolute atomic E-state index is 5.79. The molecule has 1 saturated heterocycles. The summed E-state index contributed by atoms with van der Waals surface area (Å²) in [4.78, 5) is 4.55. The molecule has 3 nitrogen and oxygen atoms in total. The maximum atomic E-state index is 5.79. The van der Waals surface area contributed by atoms with Gasteiger partial charge in [0.05, 0.1) is 12.2 Å². The molecule has 0 amide bonds. The van der Waals surface area contributed by atoms with E-state index in [9.17, 15) is 0 Å². The standard InChI is InChI=1S/C26H26N2O/c1-20-9-11-21(12-10-20)26(13-16-29-17-14-26)24-19-28(18-22-6-4-5-15-27-22)25-8-3-2-7-23(24)25/h2-12,15,19H,13-14,16-18H2,1H3. The highest BCUT2D eigenvalue weighted by Crippen LogP contribution is 2.44. The van der Waals surface area contributed by atoms with Gasteiger partial charge >= 0.3 is 0 Å². The number of aromatic nitrogens is 2. The lowest BCUT2D eigenvalue weighted by molar-refractivity contribution is 0.0634. The van der Waals surface area contributed by atoms with E-state index in [1.54, 1.807) is 0 Å². The summed E-state index contributed by atoms with van der Waals surface area (Å²) in [5.74, 6) is 0. The van der Waals surface area contributed by atoms with E-state index in [2.05, 4.69) is 83.3 Å². The summed E-state index contributed by atoms with van der Waals surface area (Å²) in [5.41, 5.74) is 6.44. The van der Waals surface area contributed by atoms with Gasteiger partial charge in [0, 0.05) is 41.9 Å². The van der Waals surface area contributed by atoms with Gasteiger partial charge < -0.3 is 9.30 Å². The molecule has 2 aromatic heterocycles. The third-order valence-corrected chi connectivity index (χ3v) is 6.31. The largest absolute Gasteiger partial charge is 0.381 e. The van der Waals surface area contributed by atoms with Gasteiger partial charge in [-0.1, -0.05) is 54.1 Å². The Kier molecular flexibility index (Phi) is 4.69. The summed E-state index contributed by atoms with van der Waals surface area (Å²) in [6.07, 6.45) is 6.25. The van der Waals surface area contributed by atoms with E-state index in [0.29, 0.717) is 0 Å². The SMILES string of the molecule is Cc1ccc(C2(c3cn(Cc4ccccn4)c4ccccc34)CCOCC2)cc1. The van der Waals surface area contributed by atoms with Gasteiger partial charge in [-0.2, -0.15) is 0 Å². The molecule has 2 aromatic carbocycles. The highest BCUT2D eigenvalue weighted by atomic mass is 16.5. The predicted octanol–water partition coefficient (Wildman–Crippen LogP) is 5.49.